The van der Waals surface area contributed by atoms with Gasteiger partial charge < -0.3 is 9.73 Å². The first-order valence-electron chi connectivity index (χ1n) is 12.8. The number of fused-ring (bicyclic) bond motifs is 1. The second-order valence-electron chi connectivity index (χ2n) is 10.6. The predicted octanol–water partition coefficient (Wildman–Crippen LogP) is 5.70. The number of nitrogens with zero attached hydrogens (tertiary/aromatic N) is 3. The Morgan fingerprint density at radius 1 is 1.13 bits per heavy atom. The zero-order valence-electron chi connectivity index (χ0n) is 22.4. The number of carbonyl (C=O) groups excluding carboxylic acids is 2. The standard InChI is InChI=1S/C30H31FN4O3S/c1-19-10-5-8-14-23(19)35-29-26(28(33-35)30(2,3)4)27(21-12-6-7-13-22(21)31)39-18-25(37)34(29)17-24(36)32-16-20-11-9-15-38-20/h5-15,27H,16-18H2,1-4H3,(H,32,36). The Bertz CT molecular complexity index is 1510. The van der Waals surface area contributed by atoms with E-state index in [9.17, 15) is 9.59 Å². The van der Waals surface area contributed by atoms with E-state index in [2.05, 4.69) is 5.32 Å². The quantitative estimate of drug-likeness (QED) is 0.336. The maximum Gasteiger partial charge on any atom is 0.240 e. The van der Waals surface area contributed by atoms with E-state index in [1.165, 1.54) is 22.7 Å². The molecule has 7 nitrogen and oxygen atoms in total. The summed E-state index contributed by atoms with van der Waals surface area (Å²) in [6.45, 7) is 8.12. The Balaban J connectivity index is 1.70. The van der Waals surface area contributed by atoms with Crippen LogP contribution >= 0.6 is 11.8 Å². The van der Waals surface area contributed by atoms with Crippen molar-refractivity contribution in [2.24, 2.45) is 0 Å². The lowest BCUT2D eigenvalue weighted by atomic mass is 9.87. The topological polar surface area (TPSA) is 80.4 Å². The molecule has 1 aliphatic heterocycles. The van der Waals surface area contributed by atoms with Gasteiger partial charge in [-0.05, 0) is 36.8 Å². The van der Waals surface area contributed by atoms with Crippen LogP contribution in [0.2, 0.25) is 0 Å². The van der Waals surface area contributed by atoms with Crippen LogP contribution in [0.25, 0.3) is 5.69 Å². The van der Waals surface area contributed by atoms with E-state index < -0.39 is 10.7 Å². The molecular formula is C30H31FN4O3S. The summed E-state index contributed by atoms with van der Waals surface area (Å²) in [5, 5.41) is 7.41. The van der Waals surface area contributed by atoms with Gasteiger partial charge in [-0.3, -0.25) is 14.5 Å². The molecule has 2 aromatic carbocycles. The lowest BCUT2D eigenvalue weighted by molar-refractivity contribution is -0.123. The molecule has 0 radical (unpaired) electrons. The normalized spacial score (nSPS) is 15.7. The number of thioether (sulfide) groups is 1. The first-order valence-corrected chi connectivity index (χ1v) is 13.8. The molecular weight excluding hydrogens is 515 g/mol. The van der Waals surface area contributed by atoms with Crippen molar-refractivity contribution in [1.82, 2.24) is 15.1 Å². The van der Waals surface area contributed by atoms with Gasteiger partial charge in [0.15, 0.2) is 0 Å². The number of carbonyl (C=O) groups is 2. The summed E-state index contributed by atoms with van der Waals surface area (Å²) in [6, 6.07) is 17.9. The Morgan fingerprint density at radius 3 is 2.56 bits per heavy atom. The number of halogens is 1. The minimum Gasteiger partial charge on any atom is -0.467 e. The molecule has 202 valence electrons. The second-order valence-corrected chi connectivity index (χ2v) is 11.7. The van der Waals surface area contributed by atoms with E-state index in [1.54, 1.807) is 41.3 Å². The van der Waals surface area contributed by atoms with Crippen LogP contribution in [0.3, 0.4) is 0 Å². The zero-order valence-corrected chi connectivity index (χ0v) is 23.2. The molecule has 39 heavy (non-hydrogen) atoms. The number of aryl methyl sites for hydroxylation is 1. The van der Waals surface area contributed by atoms with E-state index in [4.69, 9.17) is 9.52 Å². The summed E-state index contributed by atoms with van der Waals surface area (Å²) in [7, 11) is 0. The van der Waals surface area contributed by atoms with Gasteiger partial charge in [-0.1, -0.05) is 57.2 Å². The average Bonchev–Trinajstić information content (AvgIpc) is 3.53. The molecule has 2 amide bonds. The SMILES string of the molecule is Cc1ccccc1-n1nc(C(C)(C)C)c2c1N(CC(=O)NCc1ccco1)C(=O)CSC2c1ccccc1F. The highest BCUT2D eigenvalue weighted by Gasteiger charge is 2.40. The van der Waals surface area contributed by atoms with E-state index in [0.29, 0.717) is 17.1 Å². The van der Waals surface area contributed by atoms with E-state index in [0.717, 1.165) is 22.5 Å². The van der Waals surface area contributed by atoms with Gasteiger partial charge in [0, 0.05) is 16.5 Å². The van der Waals surface area contributed by atoms with Crippen LogP contribution in [-0.2, 0) is 21.5 Å². The number of benzene rings is 2. The van der Waals surface area contributed by atoms with Crippen molar-refractivity contribution < 1.29 is 18.4 Å². The summed E-state index contributed by atoms with van der Waals surface area (Å²) in [6.07, 6.45) is 1.54. The van der Waals surface area contributed by atoms with Crippen molar-refractivity contribution >= 4 is 29.4 Å². The van der Waals surface area contributed by atoms with Crippen LogP contribution in [0.15, 0.2) is 71.3 Å². The van der Waals surface area contributed by atoms with Crippen LogP contribution in [-0.4, -0.2) is 33.9 Å². The molecule has 1 N–H and O–H groups in total. The van der Waals surface area contributed by atoms with Crippen molar-refractivity contribution in [3.63, 3.8) is 0 Å². The summed E-state index contributed by atoms with van der Waals surface area (Å²) < 4.78 is 22.3. The van der Waals surface area contributed by atoms with Crippen molar-refractivity contribution in [3.8, 4) is 5.69 Å². The molecule has 0 fully saturated rings. The monoisotopic (exact) mass is 546 g/mol. The van der Waals surface area contributed by atoms with Gasteiger partial charge in [0.25, 0.3) is 0 Å². The molecule has 3 heterocycles. The minimum absolute atomic E-state index is 0.0799. The smallest absolute Gasteiger partial charge is 0.240 e. The lowest BCUT2D eigenvalue weighted by Crippen LogP contribution is -2.42. The highest BCUT2D eigenvalue weighted by Crippen LogP contribution is 2.49. The molecule has 9 heteroatoms. The third-order valence-corrected chi connectivity index (χ3v) is 7.91. The number of aromatic nitrogens is 2. The first kappa shape index (κ1) is 26.7. The highest BCUT2D eigenvalue weighted by molar-refractivity contribution is 8.00. The molecule has 0 bridgehead atoms. The van der Waals surface area contributed by atoms with Crippen LogP contribution < -0.4 is 10.2 Å². The molecule has 1 atom stereocenters. The van der Waals surface area contributed by atoms with Crippen LogP contribution in [0, 0.1) is 12.7 Å². The Kier molecular flexibility index (Phi) is 7.36. The largest absolute Gasteiger partial charge is 0.467 e. The molecule has 0 saturated carbocycles. The third-order valence-electron chi connectivity index (χ3n) is 6.67. The second kappa shape index (κ2) is 10.7. The van der Waals surface area contributed by atoms with E-state index in [1.807, 2.05) is 52.0 Å². The maximum absolute atomic E-state index is 15.3. The van der Waals surface area contributed by atoms with Gasteiger partial charge in [0.1, 0.15) is 23.9 Å². The fourth-order valence-electron chi connectivity index (χ4n) is 4.77. The van der Waals surface area contributed by atoms with Crippen molar-refractivity contribution in [2.45, 2.75) is 44.9 Å². The minimum atomic E-state index is -0.492. The van der Waals surface area contributed by atoms with Crippen molar-refractivity contribution in [1.29, 1.82) is 0 Å². The lowest BCUT2D eigenvalue weighted by Gasteiger charge is -2.25. The molecule has 4 aromatic rings. The first-order chi connectivity index (χ1) is 18.6. The molecule has 5 rings (SSSR count). The Morgan fingerprint density at radius 2 is 1.87 bits per heavy atom. The molecule has 0 aliphatic carbocycles. The number of anilines is 1. The zero-order chi connectivity index (χ0) is 27.7. The third kappa shape index (κ3) is 5.36. The number of nitrogens with one attached hydrogen (secondary N) is 1. The highest BCUT2D eigenvalue weighted by atomic mass is 32.2. The predicted molar refractivity (Wildman–Crippen MR) is 151 cm³/mol. The molecule has 1 aliphatic rings. The van der Waals surface area contributed by atoms with Gasteiger partial charge in [-0.2, -0.15) is 5.10 Å². The molecule has 1 unspecified atom stereocenters. The Hall–Kier alpha value is -3.85. The van der Waals surface area contributed by atoms with Crippen LogP contribution in [0.4, 0.5) is 10.2 Å². The molecule has 0 spiro atoms. The summed E-state index contributed by atoms with van der Waals surface area (Å²) >= 11 is 1.36. The summed E-state index contributed by atoms with van der Waals surface area (Å²) in [4.78, 5) is 28.4. The Labute approximate surface area is 231 Å². The number of hydrogen-bond acceptors (Lipinski definition) is 5. The van der Waals surface area contributed by atoms with E-state index in [-0.39, 0.29) is 36.5 Å². The van der Waals surface area contributed by atoms with Crippen LogP contribution in [0.5, 0.6) is 0 Å². The summed E-state index contributed by atoms with van der Waals surface area (Å²) in [5.41, 5.74) is 3.29. The number of rotatable bonds is 6. The van der Waals surface area contributed by atoms with Gasteiger partial charge in [-0.15, -0.1) is 11.8 Å². The van der Waals surface area contributed by atoms with Crippen molar-refractivity contribution in [2.75, 3.05) is 17.2 Å². The summed E-state index contributed by atoms with van der Waals surface area (Å²) in [5.74, 6) is 0.253. The van der Waals surface area contributed by atoms with Gasteiger partial charge in [-0.25, -0.2) is 9.07 Å². The van der Waals surface area contributed by atoms with Gasteiger partial charge in [0.2, 0.25) is 11.8 Å². The van der Waals surface area contributed by atoms with Crippen molar-refractivity contribution in [3.05, 3.63) is 101 Å². The van der Waals surface area contributed by atoms with Crippen LogP contribution in [0.1, 0.15) is 54.2 Å². The fraction of sp³-hybridized carbons (Fsp3) is 0.300. The number of amides is 2. The fourth-order valence-corrected chi connectivity index (χ4v) is 5.99. The number of furan rings is 1. The molecule has 0 saturated heterocycles. The van der Waals surface area contributed by atoms with E-state index >= 15 is 4.39 Å². The average molecular weight is 547 g/mol. The van der Waals surface area contributed by atoms with Gasteiger partial charge >= 0.3 is 0 Å². The molecule has 2 aromatic heterocycles. The number of para-hydroxylation sites is 1. The number of hydrogen-bond donors (Lipinski definition) is 1. The van der Waals surface area contributed by atoms with Gasteiger partial charge in [0.05, 0.1) is 35.2 Å². The maximum atomic E-state index is 15.3.